The van der Waals surface area contributed by atoms with Gasteiger partial charge in [-0.1, -0.05) is 86.3 Å². The molecule has 0 saturated heterocycles. The SMILES string of the molecule is CCCCCCN(C(=O)CCCC)C(CC(OCCCO)c1nc(C(=O)NC(Cc2ccc(NCC(=O)O)cc2)CC(C)(C)C)cs1)C(C)C. The number of hydrogen-bond acceptors (Lipinski definition) is 8. The smallest absolute Gasteiger partial charge is 0.322 e. The van der Waals surface area contributed by atoms with Gasteiger partial charge < -0.3 is 30.5 Å². The first-order valence-corrected chi connectivity index (χ1v) is 19.5. The highest BCUT2D eigenvalue weighted by atomic mass is 32.1. The normalized spacial score (nSPS) is 13.5. The van der Waals surface area contributed by atoms with Crippen LogP contribution in [0, 0.1) is 11.3 Å². The van der Waals surface area contributed by atoms with Gasteiger partial charge in [0.1, 0.15) is 23.4 Å². The number of anilines is 1. The number of aliphatic hydroxyl groups is 1. The van der Waals surface area contributed by atoms with Crippen LogP contribution in [0.4, 0.5) is 5.69 Å². The van der Waals surface area contributed by atoms with E-state index in [1.54, 1.807) is 5.38 Å². The van der Waals surface area contributed by atoms with Gasteiger partial charge >= 0.3 is 5.97 Å². The van der Waals surface area contributed by atoms with Crippen molar-refractivity contribution in [2.24, 2.45) is 11.3 Å². The molecule has 0 aliphatic rings. The van der Waals surface area contributed by atoms with Gasteiger partial charge in [-0.15, -0.1) is 11.3 Å². The molecule has 4 N–H and O–H groups in total. The largest absolute Gasteiger partial charge is 0.480 e. The molecular weight excluding hydrogens is 653 g/mol. The van der Waals surface area contributed by atoms with Gasteiger partial charge in [-0.25, -0.2) is 4.98 Å². The number of amides is 2. The molecule has 2 rings (SSSR count). The highest BCUT2D eigenvalue weighted by Crippen LogP contribution is 2.32. The molecule has 2 aromatic rings. The van der Waals surface area contributed by atoms with Crippen molar-refractivity contribution in [2.45, 2.75) is 137 Å². The van der Waals surface area contributed by atoms with Crippen molar-refractivity contribution >= 4 is 34.8 Å². The third-order valence-corrected chi connectivity index (χ3v) is 9.60. The summed E-state index contributed by atoms with van der Waals surface area (Å²) in [5.74, 6) is -0.791. The summed E-state index contributed by atoms with van der Waals surface area (Å²) in [6.07, 6.45) is 8.69. The van der Waals surface area contributed by atoms with Crippen LogP contribution in [-0.2, 0) is 20.7 Å². The number of hydrogen-bond donors (Lipinski definition) is 4. The molecule has 1 aromatic carbocycles. The highest BCUT2D eigenvalue weighted by Gasteiger charge is 2.31. The van der Waals surface area contributed by atoms with E-state index in [2.05, 4.69) is 64.0 Å². The van der Waals surface area contributed by atoms with Gasteiger partial charge in [0.25, 0.3) is 5.91 Å². The van der Waals surface area contributed by atoms with Crippen LogP contribution in [0.2, 0.25) is 0 Å². The number of aliphatic carboxylic acids is 1. The fraction of sp³-hybridized carbons (Fsp3) is 0.692. The Bertz CT molecular complexity index is 1280. The molecule has 50 heavy (non-hydrogen) atoms. The second kappa shape index (κ2) is 22.7. The van der Waals surface area contributed by atoms with Gasteiger partial charge in [0, 0.05) is 55.8 Å². The van der Waals surface area contributed by atoms with Crippen LogP contribution < -0.4 is 10.6 Å². The summed E-state index contributed by atoms with van der Waals surface area (Å²) in [4.78, 5) is 45.0. The molecule has 3 atom stereocenters. The minimum absolute atomic E-state index is 0.0155. The Morgan fingerprint density at radius 1 is 1.00 bits per heavy atom. The predicted molar refractivity (Wildman–Crippen MR) is 203 cm³/mol. The number of ether oxygens (including phenoxy) is 1. The number of nitrogens with one attached hydrogen (secondary N) is 2. The number of carboxylic acid groups (broad SMARTS) is 1. The Kier molecular flexibility index (Phi) is 19.6. The number of nitrogens with zero attached hydrogens (tertiary/aromatic N) is 2. The molecule has 1 aromatic heterocycles. The molecule has 0 aliphatic heterocycles. The van der Waals surface area contributed by atoms with E-state index in [0.717, 1.165) is 62.7 Å². The average molecular weight is 717 g/mol. The van der Waals surface area contributed by atoms with Crippen LogP contribution in [-0.4, -0.2) is 76.3 Å². The zero-order valence-electron chi connectivity index (χ0n) is 31.6. The number of aliphatic hydroxyl groups excluding tert-OH is 1. The van der Waals surface area contributed by atoms with Crippen molar-refractivity contribution in [1.29, 1.82) is 0 Å². The first kappa shape index (κ1) is 43.1. The lowest BCUT2D eigenvalue weighted by Crippen LogP contribution is -2.45. The molecule has 3 unspecified atom stereocenters. The van der Waals surface area contributed by atoms with E-state index in [-0.39, 0.29) is 48.4 Å². The van der Waals surface area contributed by atoms with Crippen molar-refractivity contribution < 1.29 is 29.3 Å². The van der Waals surface area contributed by atoms with Crippen molar-refractivity contribution in [3.63, 3.8) is 0 Å². The molecule has 0 spiro atoms. The van der Waals surface area contributed by atoms with E-state index in [9.17, 15) is 19.5 Å². The molecule has 11 heteroatoms. The first-order chi connectivity index (χ1) is 23.8. The Labute approximate surface area is 304 Å². The molecule has 10 nitrogen and oxygen atoms in total. The van der Waals surface area contributed by atoms with E-state index in [0.29, 0.717) is 43.0 Å². The Balaban J connectivity index is 2.28. The minimum Gasteiger partial charge on any atom is -0.480 e. The van der Waals surface area contributed by atoms with Gasteiger partial charge in [0.05, 0.1) is 0 Å². The quantitative estimate of drug-likeness (QED) is 0.0761. The van der Waals surface area contributed by atoms with Crippen LogP contribution in [0.3, 0.4) is 0 Å². The van der Waals surface area contributed by atoms with Crippen LogP contribution in [0.25, 0.3) is 0 Å². The third kappa shape index (κ3) is 16.3. The maximum absolute atomic E-state index is 13.7. The van der Waals surface area contributed by atoms with Crippen LogP contribution >= 0.6 is 11.3 Å². The summed E-state index contributed by atoms with van der Waals surface area (Å²) in [5.41, 5.74) is 2.06. The van der Waals surface area contributed by atoms with E-state index >= 15 is 0 Å². The van der Waals surface area contributed by atoms with Crippen LogP contribution in [0.15, 0.2) is 29.6 Å². The van der Waals surface area contributed by atoms with E-state index < -0.39 is 12.1 Å². The van der Waals surface area contributed by atoms with Crippen molar-refractivity contribution in [3.05, 3.63) is 45.9 Å². The number of carbonyl (C=O) groups is 3. The van der Waals surface area contributed by atoms with E-state index in [1.165, 1.54) is 11.3 Å². The summed E-state index contributed by atoms with van der Waals surface area (Å²) in [5, 5.41) is 27.0. The van der Waals surface area contributed by atoms with Crippen molar-refractivity contribution in [2.75, 3.05) is 31.6 Å². The molecule has 282 valence electrons. The van der Waals surface area contributed by atoms with Crippen molar-refractivity contribution in [3.8, 4) is 0 Å². The predicted octanol–water partition coefficient (Wildman–Crippen LogP) is 7.87. The molecule has 0 bridgehead atoms. The van der Waals surface area contributed by atoms with Gasteiger partial charge in [-0.2, -0.15) is 0 Å². The number of carboxylic acids is 1. The molecule has 0 aliphatic carbocycles. The highest BCUT2D eigenvalue weighted by molar-refractivity contribution is 7.09. The number of rotatable bonds is 25. The van der Waals surface area contributed by atoms with E-state index in [4.69, 9.17) is 14.8 Å². The maximum Gasteiger partial charge on any atom is 0.322 e. The van der Waals surface area contributed by atoms with Gasteiger partial charge in [-0.05, 0) is 61.1 Å². The molecule has 2 amide bonds. The Hall–Kier alpha value is -3.02. The molecule has 0 radical (unpaired) electrons. The van der Waals surface area contributed by atoms with Gasteiger partial charge in [0.15, 0.2) is 0 Å². The lowest BCUT2D eigenvalue weighted by molar-refractivity contribution is -0.136. The van der Waals surface area contributed by atoms with Crippen LogP contribution in [0.5, 0.6) is 0 Å². The summed E-state index contributed by atoms with van der Waals surface area (Å²) in [6, 6.07) is 7.41. The second-order valence-electron chi connectivity index (χ2n) is 14.9. The monoisotopic (exact) mass is 716 g/mol. The summed E-state index contributed by atoms with van der Waals surface area (Å²) in [7, 11) is 0. The number of unbranched alkanes of at least 4 members (excludes halogenated alkanes) is 4. The molecular formula is C39H64N4O6S. The topological polar surface area (TPSA) is 141 Å². The zero-order chi connectivity index (χ0) is 37.1. The van der Waals surface area contributed by atoms with E-state index in [1.807, 2.05) is 24.3 Å². The second-order valence-corrected chi connectivity index (χ2v) is 15.8. The third-order valence-electron chi connectivity index (χ3n) is 8.67. The number of thiazole rings is 1. The molecule has 0 saturated carbocycles. The lowest BCUT2D eigenvalue weighted by atomic mass is 9.85. The fourth-order valence-corrected chi connectivity index (χ4v) is 6.96. The maximum atomic E-state index is 13.7. The number of carbonyl (C=O) groups excluding carboxylic acids is 2. The number of aromatic nitrogens is 1. The zero-order valence-corrected chi connectivity index (χ0v) is 32.4. The first-order valence-electron chi connectivity index (χ1n) is 18.6. The Morgan fingerprint density at radius 3 is 2.30 bits per heavy atom. The Morgan fingerprint density at radius 2 is 1.70 bits per heavy atom. The summed E-state index contributed by atoms with van der Waals surface area (Å²) >= 11 is 1.40. The minimum atomic E-state index is -0.924. The van der Waals surface area contributed by atoms with Crippen molar-refractivity contribution in [1.82, 2.24) is 15.2 Å². The summed E-state index contributed by atoms with van der Waals surface area (Å²) < 4.78 is 6.34. The van der Waals surface area contributed by atoms with Gasteiger partial charge in [-0.3, -0.25) is 14.4 Å². The van der Waals surface area contributed by atoms with Crippen LogP contribution in [0.1, 0.15) is 140 Å². The fourth-order valence-electron chi connectivity index (χ4n) is 6.10. The van der Waals surface area contributed by atoms with Gasteiger partial charge in [0.2, 0.25) is 5.91 Å². The standard InChI is InChI=1S/C39H64N4O6S/c1-8-10-12-13-20-43(35(45)15-11-9-2)33(28(3)4)24-34(49-22-14-21-44)38-42-32(27-50-38)37(48)41-31(25-39(5,6)7)23-29-16-18-30(19-17-29)40-26-36(46)47/h16-19,27-28,31,33-34,40,44H,8-15,20-26H2,1-7H3,(H,41,48)(H,46,47). The average Bonchev–Trinajstić information content (AvgIpc) is 3.55. The summed E-state index contributed by atoms with van der Waals surface area (Å²) in [6.45, 7) is 16.0. The lowest BCUT2D eigenvalue weighted by Gasteiger charge is -2.37. The number of benzene rings is 1. The molecule has 1 heterocycles. The molecule has 0 fully saturated rings.